The van der Waals surface area contributed by atoms with Crippen LogP contribution >= 0.6 is 22.6 Å². The third kappa shape index (κ3) is 2.43. The fraction of sp³-hybridized carbons (Fsp3) is 0.625. The van der Waals surface area contributed by atoms with E-state index >= 15 is 0 Å². The molecule has 4 rings (SSSR count). The van der Waals surface area contributed by atoms with E-state index in [2.05, 4.69) is 41.9 Å². The molecule has 2 aromatic rings. The highest BCUT2D eigenvalue weighted by Gasteiger charge is 2.36. The van der Waals surface area contributed by atoms with E-state index in [0.29, 0.717) is 5.41 Å². The van der Waals surface area contributed by atoms with Gasteiger partial charge in [0.15, 0.2) is 5.65 Å². The van der Waals surface area contributed by atoms with E-state index in [1.807, 2.05) is 18.6 Å². The molecule has 0 radical (unpaired) electrons. The summed E-state index contributed by atoms with van der Waals surface area (Å²) in [6.07, 6.45) is 15.7. The van der Waals surface area contributed by atoms with Crippen LogP contribution in [0.2, 0.25) is 0 Å². The number of anilines is 1. The Balaban J connectivity index is 1.57. The predicted molar refractivity (Wildman–Crippen MR) is 92.7 cm³/mol. The average Bonchev–Trinajstić information content (AvgIpc) is 3.00. The van der Waals surface area contributed by atoms with Crippen molar-refractivity contribution in [1.29, 1.82) is 0 Å². The van der Waals surface area contributed by atoms with Crippen molar-refractivity contribution in [3.05, 3.63) is 22.2 Å². The van der Waals surface area contributed by atoms with Gasteiger partial charge in [0.05, 0.1) is 3.57 Å². The second-order valence-electron chi connectivity index (χ2n) is 6.57. The number of hydrogen-bond donors (Lipinski definition) is 0. The van der Waals surface area contributed by atoms with Gasteiger partial charge in [-0.05, 0) is 53.7 Å². The highest BCUT2D eigenvalue weighted by atomic mass is 127. The Morgan fingerprint density at radius 2 is 1.76 bits per heavy atom. The molecule has 21 heavy (non-hydrogen) atoms. The Bertz CT molecular complexity index is 635. The van der Waals surface area contributed by atoms with Crippen molar-refractivity contribution in [2.24, 2.45) is 5.41 Å². The highest BCUT2D eigenvalue weighted by molar-refractivity contribution is 14.1. The van der Waals surface area contributed by atoms with Gasteiger partial charge < -0.3 is 4.90 Å². The molecule has 112 valence electrons. The summed E-state index contributed by atoms with van der Waals surface area (Å²) in [6.45, 7) is 2.28. The Morgan fingerprint density at radius 3 is 2.52 bits per heavy atom. The molecule has 4 nitrogen and oxygen atoms in total. The predicted octanol–water partition coefficient (Wildman–Crippen LogP) is 3.88. The van der Waals surface area contributed by atoms with Crippen LogP contribution in [0.25, 0.3) is 5.65 Å². The maximum atomic E-state index is 4.68. The number of aromatic nitrogens is 3. The summed E-state index contributed by atoms with van der Waals surface area (Å²) in [4.78, 5) is 11.6. The topological polar surface area (TPSA) is 33.4 Å². The first-order valence-corrected chi connectivity index (χ1v) is 9.08. The van der Waals surface area contributed by atoms with Gasteiger partial charge in [-0.2, -0.15) is 0 Å². The number of fused-ring (bicyclic) bond motifs is 1. The Morgan fingerprint density at radius 1 is 1.00 bits per heavy atom. The lowest BCUT2D eigenvalue weighted by molar-refractivity contribution is 0.143. The van der Waals surface area contributed by atoms with Crippen LogP contribution in [0.1, 0.15) is 44.9 Å². The number of nitrogens with zero attached hydrogens (tertiary/aromatic N) is 4. The monoisotopic (exact) mass is 396 g/mol. The number of imidazole rings is 1. The van der Waals surface area contributed by atoms with Crippen molar-refractivity contribution in [3.8, 4) is 0 Å². The molecule has 1 saturated carbocycles. The fourth-order valence-corrected chi connectivity index (χ4v) is 4.63. The van der Waals surface area contributed by atoms with Crippen LogP contribution in [0.5, 0.6) is 0 Å². The zero-order valence-corrected chi connectivity index (χ0v) is 14.4. The average molecular weight is 396 g/mol. The van der Waals surface area contributed by atoms with Crippen LogP contribution in [-0.4, -0.2) is 27.5 Å². The molecule has 1 aliphatic heterocycles. The van der Waals surface area contributed by atoms with Gasteiger partial charge in [-0.3, -0.25) is 4.40 Å². The molecule has 0 bridgehead atoms. The van der Waals surface area contributed by atoms with Crippen LogP contribution in [0.4, 0.5) is 5.95 Å². The van der Waals surface area contributed by atoms with Crippen LogP contribution in [-0.2, 0) is 0 Å². The second kappa shape index (κ2) is 5.41. The van der Waals surface area contributed by atoms with E-state index in [1.54, 1.807) is 0 Å². The normalized spacial score (nSPS) is 22.0. The number of hydrogen-bond acceptors (Lipinski definition) is 3. The first kappa shape index (κ1) is 13.8. The lowest BCUT2D eigenvalue weighted by Gasteiger charge is -2.44. The van der Waals surface area contributed by atoms with Gasteiger partial charge in [0.2, 0.25) is 5.95 Å². The molecule has 0 unspecified atom stereocenters. The van der Waals surface area contributed by atoms with Crippen molar-refractivity contribution in [3.63, 3.8) is 0 Å². The van der Waals surface area contributed by atoms with E-state index in [-0.39, 0.29) is 0 Å². The highest BCUT2D eigenvalue weighted by Crippen LogP contribution is 2.44. The molecule has 1 spiro atoms. The third-order valence-electron chi connectivity index (χ3n) is 5.38. The van der Waals surface area contributed by atoms with Crippen molar-refractivity contribution in [2.75, 3.05) is 18.0 Å². The summed E-state index contributed by atoms with van der Waals surface area (Å²) < 4.78 is 3.25. The van der Waals surface area contributed by atoms with Crippen LogP contribution in [0.3, 0.4) is 0 Å². The maximum absolute atomic E-state index is 4.68. The molecule has 2 aliphatic rings. The van der Waals surface area contributed by atoms with Crippen molar-refractivity contribution >= 4 is 34.2 Å². The summed E-state index contributed by atoms with van der Waals surface area (Å²) in [5, 5.41) is 0. The van der Waals surface area contributed by atoms with Gasteiger partial charge in [0.1, 0.15) is 0 Å². The molecule has 3 heterocycles. The molecule has 2 fully saturated rings. The van der Waals surface area contributed by atoms with Crippen molar-refractivity contribution < 1.29 is 0 Å². The molecule has 5 heteroatoms. The summed E-state index contributed by atoms with van der Waals surface area (Å²) in [5.41, 5.74) is 1.67. The van der Waals surface area contributed by atoms with E-state index in [4.69, 9.17) is 0 Å². The molecule has 1 aliphatic carbocycles. The van der Waals surface area contributed by atoms with E-state index in [1.165, 1.54) is 44.9 Å². The molecular weight excluding hydrogens is 375 g/mol. The van der Waals surface area contributed by atoms with Crippen molar-refractivity contribution in [1.82, 2.24) is 14.4 Å². The van der Waals surface area contributed by atoms with Gasteiger partial charge in [-0.15, -0.1) is 0 Å². The number of rotatable bonds is 1. The largest absolute Gasteiger partial charge is 0.342 e. The molecule has 0 aromatic carbocycles. The van der Waals surface area contributed by atoms with Crippen LogP contribution < -0.4 is 4.90 Å². The SMILES string of the molecule is Ic1cnc(N2CCC3(CCCCC3)CC2)n2ccnc12. The van der Waals surface area contributed by atoms with Gasteiger partial charge in [0, 0.05) is 31.7 Å². The van der Waals surface area contributed by atoms with Crippen LogP contribution in [0, 0.1) is 8.99 Å². The quantitative estimate of drug-likeness (QED) is 0.686. The molecule has 1 saturated heterocycles. The lowest BCUT2D eigenvalue weighted by Crippen LogP contribution is -2.42. The molecule has 0 amide bonds. The second-order valence-corrected chi connectivity index (χ2v) is 7.74. The Hall–Kier alpha value is -0.850. The van der Waals surface area contributed by atoms with Gasteiger partial charge >= 0.3 is 0 Å². The third-order valence-corrected chi connectivity index (χ3v) is 6.15. The number of halogens is 1. The molecular formula is C16H21IN4. The van der Waals surface area contributed by atoms with Gasteiger partial charge in [0.25, 0.3) is 0 Å². The summed E-state index contributed by atoms with van der Waals surface area (Å²) in [7, 11) is 0. The smallest absolute Gasteiger partial charge is 0.211 e. The minimum absolute atomic E-state index is 0.645. The van der Waals surface area contributed by atoms with Crippen molar-refractivity contribution in [2.45, 2.75) is 44.9 Å². The standard InChI is InChI=1S/C16H21IN4/c17-13-12-19-15(21-11-8-18-14(13)21)20-9-6-16(7-10-20)4-2-1-3-5-16/h8,11-12H,1-7,9-10H2. The maximum Gasteiger partial charge on any atom is 0.211 e. The Labute approximate surface area is 139 Å². The van der Waals surface area contributed by atoms with E-state index in [0.717, 1.165) is 28.3 Å². The molecule has 0 N–H and O–H groups in total. The zero-order chi connectivity index (χ0) is 14.3. The van der Waals surface area contributed by atoms with Crippen LogP contribution in [0.15, 0.2) is 18.6 Å². The summed E-state index contributed by atoms with van der Waals surface area (Å²) in [5.74, 6) is 1.06. The van der Waals surface area contributed by atoms with E-state index < -0.39 is 0 Å². The first-order valence-electron chi connectivity index (χ1n) is 8.00. The first-order chi connectivity index (χ1) is 10.3. The van der Waals surface area contributed by atoms with Gasteiger partial charge in [-0.1, -0.05) is 19.3 Å². The fourth-order valence-electron chi connectivity index (χ4n) is 4.09. The molecule has 2 aromatic heterocycles. The zero-order valence-electron chi connectivity index (χ0n) is 12.3. The Kier molecular flexibility index (Phi) is 3.55. The summed E-state index contributed by atoms with van der Waals surface area (Å²) >= 11 is 2.31. The minimum atomic E-state index is 0.645. The number of piperidine rings is 1. The molecule has 0 atom stereocenters. The minimum Gasteiger partial charge on any atom is -0.342 e. The van der Waals surface area contributed by atoms with E-state index in [9.17, 15) is 0 Å². The lowest BCUT2D eigenvalue weighted by atomic mass is 9.68. The van der Waals surface area contributed by atoms with Gasteiger partial charge in [-0.25, -0.2) is 9.97 Å². The summed E-state index contributed by atoms with van der Waals surface area (Å²) in [6, 6.07) is 0.